The molecule has 0 radical (unpaired) electrons. The molecule has 6 rings (SSSR count). The van der Waals surface area contributed by atoms with Crippen molar-refractivity contribution in [3.63, 3.8) is 0 Å². The van der Waals surface area contributed by atoms with Gasteiger partial charge >= 0.3 is 0 Å². The van der Waals surface area contributed by atoms with Crippen LogP contribution in [0.5, 0.6) is 17.2 Å². The molecule has 1 amide bonds. The quantitative estimate of drug-likeness (QED) is 0.469. The molecule has 1 N–H and O–H groups in total. The fourth-order valence-electron chi connectivity index (χ4n) is 6.66. The van der Waals surface area contributed by atoms with Crippen LogP contribution in [0.1, 0.15) is 49.7 Å². The lowest BCUT2D eigenvalue weighted by Gasteiger charge is -2.57. The Labute approximate surface area is 195 Å². The van der Waals surface area contributed by atoms with Crippen molar-refractivity contribution in [2.24, 2.45) is 22.9 Å². The van der Waals surface area contributed by atoms with Crippen molar-refractivity contribution in [2.45, 2.75) is 43.9 Å². The third-order valence-electron chi connectivity index (χ3n) is 7.69. The molecule has 0 heterocycles. The summed E-state index contributed by atoms with van der Waals surface area (Å²) in [7, 11) is 3.16. The van der Waals surface area contributed by atoms with E-state index in [0.717, 1.165) is 23.3 Å². The molecule has 6 nitrogen and oxygen atoms in total. The molecule has 0 unspecified atom stereocenters. The summed E-state index contributed by atoms with van der Waals surface area (Å²) in [5.41, 5.74) is 5.12. The summed E-state index contributed by atoms with van der Waals surface area (Å²) in [5, 5.41) is 4.00. The van der Waals surface area contributed by atoms with Gasteiger partial charge in [-0.25, -0.2) is 5.43 Å². The smallest absolute Gasteiger partial charge is 0.277 e. The first-order chi connectivity index (χ1) is 16.1. The summed E-state index contributed by atoms with van der Waals surface area (Å²) < 4.78 is 16.2. The second kappa shape index (κ2) is 9.08. The van der Waals surface area contributed by atoms with Crippen LogP contribution in [0.25, 0.3) is 0 Å². The van der Waals surface area contributed by atoms with Crippen LogP contribution in [-0.2, 0) is 10.2 Å². The van der Waals surface area contributed by atoms with Crippen molar-refractivity contribution in [1.29, 1.82) is 0 Å². The highest BCUT2D eigenvalue weighted by atomic mass is 16.5. The largest absolute Gasteiger partial charge is 0.493 e. The molecule has 4 fully saturated rings. The van der Waals surface area contributed by atoms with E-state index in [4.69, 9.17) is 14.2 Å². The van der Waals surface area contributed by atoms with E-state index in [-0.39, 0.29) is 12.5 Å². The Hall–Kier alpha value is -3.02. The van der Waals surface area contributed by atoms with Gasteiger partial charge in [0.25, 0.3) is 5.91 Å². The zero-order chi connectivity index (χ0) is 22.8. The highest BCUT2D eigenvalue weighted by molar-refractivity contribution is 5.83. The van der Waals surface area contributed by atoms with Gasteiger partial charge in [-0.05, 0) is 103 Å². The number of carbonyl (C=O) groups is 1. The average Bonchev–Trinajstić information content (AvgIpc) is 2.82. The number of nitrogens with zero attached hydrogens (tertiary/aromatic N) is 1. The number of hydrogen-bond donors (Lipinski definition) is 1. The summed E-state index contributed by atoms with van der Waals surface area (Å²) >= 11 is 0. The van der Waals surface area contributed by atoms with Crippen molar-refractivity contribution < 1.29 is 19.0 Å². The van der Waals surface area contributed by atoms with Crippen molar-refractivity contribution in [1.82, 2.24) is 5.43 Å². The lowest BCUT2D eigenvalue weighted by atomic mass is 9.48. The van der Waals surface area contributed by atoms with Crippen LogP contribution in [-0.4, -0.2) is 32.9 Å². The van der Waals surface area contributed by atoms with Gasteiger partial charge < -0.3 is 14.2 Å². The zero-order valence-electron chi connectivity index (χ0n) is 19.4. The van der Waals surface area contributed by atoms with Crippen molar-refractivity contribution in [2.75, 3.05) is 20.8 Å². The van der Waals surface area contributed by atoms with E-state index in [0.29, 0.717) is 22.7 Å². The maximum atomic E-state index is 12.1. The molecule has 4 aliphatic carbocycles. The van der Waals surface area contributed by atoms with Gasteiger partial charge in [0.15, 0.2) is 18.1 Å². The summed E-state index contributed by atoms with van der Waals surface area (Å²) in [6.07, 6.45) is 9.94. The predicted molar refractivity (Wildman–Crippen MR) is 127 cm³/mol. The molecule has 174 valence electrons. The molecule has 2 aromatic carbocycles. The Morgan fingerprint density at radius 1 is 0.970 bits per heavy atom. The van der Waals surface area contributed by atoms with Crippen LogP contribution in [0.3, 0.4) is 0 Å². The van der Waals surface area contributed by atoms with E-state index in [9.17, 15) is 4.79 Å². The molecule has 4 bridgehead atoms. The average molecular weight is 449 g/mol. The molecule has 0 aliphatic heterocycles. The number of ether oxygens (including phenoxy) is 3. The number of hydrogen-bond acceptors (Lipinski definition) is 5. The number of rotatable bonds is 8. The summed E-state index contributed by atoms with van der Waals surface area (Å²) in [4.78, 5) is 12.1. The normalized spacial score (nSPS) is 27.5. The van der Waals surface area contributed by atoms with Crippen LogP contribution in [0.4, 0.5) is 0 Å². The van der Waals surface area contributed by atoms with Gasteiger partial charge in [-0.3, -0.25) is 4.79 Å². The number of carbonyl (C=O) groups excluding carboxylic acids is 1. The minimum absolute atomic E-state index is 0.0833. The highest BCUT2D eigenvalue weighted by Crippen LogP contribution is 2.60. The molecular weight excluding hydrogens is 416 g/mol. The van der Waals surface area contributed by atoms with Crippen molar-refractivity contribution in [3.8, 4) is 17.2 Å². The fraction of sp³-hybridized carbons (Fsp3) is 0.481. The Morgan fingerprint density at radius 2 is 1.61 bits per heavy atom. The molecular formula is C27H32N2O4. The topological polar surface area (TPSA) is 69.2 Å². The maximum Gasteiger partial charge on any atom is 0.277 e. The van der Waals surface area contributed by atoms with Gasteiger partial charge in [-0.2, -0.15) is 5.10 Å². The van der Waals surface area contributed by atoms with Gasteiger partial charge in [0.2, 0.25) is 0 Å². The highest BCUT2D eigenvalue weighted by Gasteiger charge is 2.51. The molecule has 0 atom stereocenters. The Morgan fingerprint density at radius 3 is 2.21 bits per heavy atom. The summed E-state index contributed by atoms with van der Waals surface area (Å²) in [6.45, 7) is -0.0833. The molecule has 6 heteroatoms. The standard InChI is InChI=1S/C27H32N2O4/c1-31-24-8-3-18(12-25(24)32-2)16-28-29-26(30)17-33-23-6-4-22(5-7-23)27-13-19-9-20(14-27)11-21(10-19)15-27/h3-8,12,16,19-21H,9-11,13-15,17H2,1-2H3,(H,29,30). The third kappa shape index (κ3) is 4.56. The minimum Gasteiger partial charge on any atom is -0.493 e. The molecule has 33 heavy (non-hydrogen) atoms. The molecule has 4 aliphatic rings. The lowest BCUT2D eigenvalue weighted by Crippen LogP contribution is -2.48. The number of methoxy groups -OCH3 is 2. The van der Waals surface area contributed by atoms with E-state index in [1.807, 2.05) is 18.2 Å². The Kier molecular flexibility index (Phi) is 6.00. The van der Waals surface area contributed by atoms with Crippen LogP contribution in [0, 0.1) is 17.8 Å². The Balaban J connectivity index is 1.13. The van der Waals surface area contributed by atoms with E-state index in [1.165, 1.54) is 44.1 Å². The molecule has 2 aromatic rings. The monoisotopic (exact) mass is 448 g/mol. The molecule has 0 spiro atoms. The van der Waals surface area contributed by atoms with Gasteiger partial charge in [0.1, 0.15) is 5.75 Å². The van der Waals surface area contributed by atoms with Crippen LogP contribution >= 0.6 is 0 Å². The van der Waals surface area contributed by atoms with Crippen LogP contribution in [0.15, 0.2) is 47.6 Å². The van der Waals surface area contributed by atoms with E-state index in [2.05, 4.69) is 22.7 Å². The van der Waals surface area contributed by atoms with E-state index < -0.39 is 0 Å². The van der Waals surface area contributed by atoms with Gasteiger partial charge in [0.05, 0.1) is 20.4 Å². The second-order valence-corrected chi connectivity index (χ2v) is 9.92. The number of amides is 1. The zero-order valence-corrected chi connectivity index (χ0v) is 19.4. The Bertz CT molecular complexity index is 996. The van der Waals surface area contributed by atoms with Crippen molar-refractivity contribution in [3.05, 3.63) is 53.6 Å². The maximum absolute atomic E-state index is 12.1. The third-order valence-corrected chi connectivity index (χ3v) is 7.69. The molecule has 0 aromatic heterocycles. The van der Waals surface area contributed by atoms with Crippen LogP contribution in [0.2, 0.25) is 0 Å². The van der Waals surface area contributed by atoms with E-state index in [1.54, 1.807) is 32.6 Å². The van der Waals surface area contributed by atoms with Crippen LogP contribution < -0.4 is 19.6 Å². The summed E-state index contributed by atoms with van der Waals surface area (Å²) in [5.74, 6) is 4.43. The molecule has 0 saturated heterocycles. The number of benzene rings is 2. The van der Waals surface area contributed by atoms with Gasteiger partial charge in [-0.15, -0.1) is 0 Å². The first-order valence-corrected chi connectivity index (χ1v) is 11.8. The van der Waals surface area contributed by atoms with Gasteiger partial charge in [0, 0.05) is 0 Å². The second-order valence-electron chi connectivity index (χ2n) is 9.92. The first-order valence-electron chi connectivity index (χ1n) is 11.8. The lowest BCUT2D eigenvalue weighted by molar-refractivity contribution is -0.123. The SMILES string of the molecule is COc1ccc(C=NNC(=O)COc2ccc(C34CC5CC(CC(C5)C3)C4)cc2)cc1OC. The summed E-state index contributed by atoms with van der Waals surface area (Å²) in [6, 6.07) is 13.9. The first kappa shape index (κ1) is 21.8. The molecule has 4 saturated carbocycles. The number of hydrazone groups is 1. The number of nitrogens with one attached hydrogen (secondary N) is 1. The fourth-order valence-corrected chi connectivity index (χ4v) is 6.66. The minimum atomic E-state index is -0.308. The van der Waals surface area contributed by atoms with E-state index >= 15 is 0 Å². The predicted octanol–water partition coefficient (Wildman–Crippen LogP) is 4.70. The van der Waals surface area contributed by atoms with Gasteiger partial charge in [-0.1, -0.05) is 12.1 Å². The van der Waals surface area contributed by atoms with Crippen molar-refractivity contribution >= 4 is 12.1 Å².